The second-order valence-corrected chi connectivity index (χ2v) is 4.56. The van der Waals surface area contributed by atoms with Crippen molar-refractivity contribution in [1.82, 2.24) is 10.2 Å². The van der Waals surface area contributed by atoms with Gasteiger partial charge in [-0.1, -0.05) is 18.2 Å². The normalized spacial score (nSPS) is 15.6. The molecule has 0 atom stereocenters. The molecule has 0 aliphatic carbocycles. The van der Waals surface area contributed by atoms with Gasteiger partial charge in [0.15, 0.2) is 0 Å². The van der Waals surface area contributed by atoms with Crippen LogP contribution in [-0.4, -0.2) is 30.9 Å². The summed E-state index contributed by atoms with van der Waals surface area (Å²) in [5.41, 5.74) is 9.23. The molecule has 0 bridgehead atoms. The summed E-state index contributed by atoms with van der Waals surface area (Å²) in [5.74, 6) is -0.250. The largest absolute Gasteiger partial charge is 0.369 e. The second kappa shape index (κ2) is 5.29. The minimum absolute atomic E-state index is 0.250. The quantitative estimate of drug-likeness (QED) is 0.783. The minimum atomic E-state index is -0.250. The number of fused-ring (bicyclic) bond motifs is 1. The number of nitrogens with one attached hydrogen (secondary N) is 1. The third-order valence-electron chi connectivity index (χ3n) is 3.12. The van der Waals surface area contributed by atoms with Gasteiger partial charge in [-0.3, -0.25) is 9.69 Å². The SMILES string of the molecule is CNCc1ccc2c(c1)CN(CC(N)=O)CC2. The maximum absolute atomic E-state index is 10.9. The molecule has 0 spiro atoms. The highest BCUT2D eigenvalue weighted by Crippen LogP contribution is 2.20. The van der Waals surface area contributed by atoms with Crippen molar-refractivity contribution < 1.29 is 4.79 Å². The van der Waals surface area contributed by atoms with E-state index in [9.17, 15) is 4.79 Å². The highest BCUT2D eigenvalue weighted by Gasteiger charge is 2.17. The van der Waals surface area contributed by atoms with Crippen LogP contribution in [0.25, 0.3) is 0 Å². The highest BCUT2D eigenvalue weighted by atomic mass is 16.1. The molecule has 1 amide bonds. The van der Waals surface area contributed by atoms with E-state index in [1.54, 1.807) is 0 Å². The van der Waals surface area contributed by atoms with Crippen LogP contribution in [0, 0.1) is 0 Å². The molecule has 4 nitrogen and oxygen atoms in total. The predicted octanol–water partition coefficient (Wildman–Crippen LogP) is 0.249. The Morgan fingerprint density at radius 1 is 1.47 bits per heavy atom. The number of rotatable bonds is 4. The summed E-state index contributed by atoms with van der Waals surface area (Å²) in [6.07, 6.45) is 1.00. The van der Waals surface area contributed by atoms with Crippen LogP contribution in [0.1, 0.15) is 16.7 Å². The van der Waals surface area contributed by atoms with Crippen molar-refractivity contribution >= 4 is 5.91 Å². The van der Waals surface area contributed by atoms with E-state index in [0.717, 1.165) is 26.1 Å². The highest BCUT2D eigenvalue weighted by molar-refractivity contribution is 5.75. The molecule has 4 heteroatoms. The first-order valence-electron chi connectivity index (χ1n) is 5.95. The molecule has 1 aliphatic heterocycles. The lowest BCUT2D eigenvalue weighted by atomic mass is 9.97. The van der Waals surface area contributed by atoms with E-state index in [1.807, 2.05) is 7.05 Å². The van der Waals surface area contributed by atoms with Crippen LogP contribution < -0.4 is 11.1 Å². The van der Waals surface area contributed by atoms with Crippen molar-refractivity contribution in [3.05, 3.63) is 34.9 Å². The molecule has 92 valence electrons. The van der Waals surface area contributed by atoms with Gasteiger partial charge in [-0.2, -0.15) is 0 Å². The first-order valence-corrected chi connectivity index (χ1v) is 5.95. The zero-order valence-electron chi connectivity index (χ0n) is 10.2. The summed E-state index contributed by atoms with van der Waals surface area (Å²) >= 11 is 0. The molecule has 0 saturated carbocycles. The fraction of sp³-hybridized carbons (Fsp3) is 0.462. The fourth-order valence-electron chi connectivity index (χ4n) is 2.34. The number of carbonyl (C=O) groups is 1. The smallest absolute Gasteiger partial charge is 0.231 e. The molecule has 0 fully saturated rings. The van der Waals surface area contributed by atoms with Gasteiger partial charge < -0.3 is 11.1 Å². The zero-order chi connectivity index (χ0) is 12.3. The number of benzene rings is 1. The molecule has 1 aromatic rings. The topological polar surface area (TPSA) is 58.4 Å². The van der Waals surface area contributed by atoms with E-state index in [4.69, 9.17) is 5.73 Å². The molecule has 0 saturated heterocycles. The Balaban J connectivity index is 2.11. The summed E-state index contributed by atoms with van der Waals surface area (Å²) in [5, 5.41) is 3.15. The summed E-state index contributed by atoms with van der Waals surface area (Å²) in [6, 6.07) is 6.58. The van der Waals surface area contributed by atoms with Crippen LogP contribution >= 0.6 is 0 Å². The van der Waals surface area contributed by atoms with Crippen molar-refractivity contribution in [2.45, 2.75) is 19.5 Å². The number of amides is 1. The number of primary amides is 1. The Hall–Kier alpha value is -1.39. The molecular formula is C13H19N3O. The molecule has 0 unspecified atom stereocenters. The monoisotopic (exact) mass is 233 g/mol. The van der Waals surface area contributed by atoms with Crippen molar-refractivity contribution in [1.29, 1.82) is 0 Å². The molecule has 1 heterocycles. The maximum atomic E-state index is 10.9. The Labute approximate surface area is 102 Å². The number of nitrogens with zero attached hydrogens (tertiary/aromatic N) is 1. The fourth-order valence-corrected chi connectivity index (χ4v) is 2.34. The number of nitrogens with two attached hydrogens (primary N) is 1. The lowest BCUT2D eigenvalue weighted by Crippen LogP contribution is -2.37. The van der Waals surface area contributed by atoms with Crippen LogP contribution in [0.15, 0.2) is 18.2 Å². The number of hydrogen-bond donors (Lipinski definition) is 2. The Morgan fingerprint density at radius 2 is 2.29 bits per heavy atom. The lowest BCUT2D eigenvalue weighted by molar-refractivity contribution is -0.119. The molecule has 2 rings (SSSR count). The average Bonchev–Trinajstić information content (AvgIpc) is 2.28. The Bertz CT molecular complexity index is 417. The van der Waals surface area contributed by atoms with Crippen molar-refractivity contribution in [2.24, 2.45) is 5.73 Å². The van der Waals surface area contributed by atoms with Crippen molar-refractivity contribution in [3.8, 4) is 0 Å². The molecule has 1 aliphatic rings. The first-order chi connectivity index (χ1) is 8.19. The summed E-state index contributed by atoms with van der Waals surface area (Å²) in [6.45, 7) is 2.98. The van der Waals surface area contributed by atoms with E-state index < -0.39 is 0 Å². The van der Waals surface area contributed by atoms with Crippen LogP contribution in [-0.2, 0) is 24.3 Å². The van der Waals surface area contributed by atoms with E-state index in [0.29, 0.717) is 6.54 Å². The molecule has 1 aromatic carbocycles. The molecule has 0 aromatic heterocycles. The third-order valence-corrected chi connectivity index (χ3v) is 3.12. The lowest BCUT2D eigenvalue weighted by Gasteiger charge is -2.28. The van der Waals surface area contributed by atoms with Gasteiger partial charge in [-0.15, -0.1) is 0 Å². The molecule has 17 heavy (non-hydrogen) atoms. The van der Waals surface area contributed by atoms with Gasteiger partial charge in [-0.05, 0) is 30.2 Å². The van der Waals surface area contributed by atoms with E-state index >= 15 is 0 Å². The number of hydrogen-bond acceptors (Lipinski definition) is 3. The van der Waals surface area contributed by atoms with Crippen molar-refractivity contribution in [3.63, 3.8) is 0 Å². The van der Waals surface area contributed by atoms with Crippen LogP contribution in [0.4, 0.5) is 0 Å². The molecule has 0 radical (unpaired) electrons. The zero-order valence-corrected chi connectivity index (χ0v) is 10.2. The van der Waals surface area contributed by atoms with Gasteiger partial charge in [0.05, 0.1) is 6.54 Å². The van der Waals surface area contributed by atoms with Crippen LogP contribution in [0.3, 0.4) is 0 Å². The Kier molecular flexibility index (Phi) is 3.76. The average molecular weight is 233 g/mol. The maximum Gasteiger partial charge on any atom is 0.231 e. The van der Waals surface area contributed by atoms with Gasteiger partial charge in [-0.25, -0.2) is 0 Å². The van der Waals surface area contributed by atoms with Gasteiger partial charge in [0, 0.05) is 19.6 Å². The van der Waals surface area contributed by atoms with E-state index in [-0.39, 0.29) is 5.91 Å². The van der Waals surface area contributed by atoms with Gasteiger partial charge in [0.2, 0.25) is 5.91 Å². The molecular weight excluding hydrogens is 214 g/mol. The standard InChI is InChI=1S/C13H19N3O/c1-15-7-10-2-3-11-4-5-16(9-13(14)17)8-12(11)6-10/h2-3,6,15H,4-5,7-9H2,1H3,(H2,14,17). The van der Waals surface area contributed by atoms with Gasteiger partial charge >= 0.3 is 0 Å². The summed E-state index contributed by atoms with van der Waals surface area (Å²) < 4.78 is 0. The van der Waals surface area contributed by atoms with Gasteiger partial charge in [0.25, 0.3) is 0 Å². The van der Waals surface area contributed by atoms with Crippen LogP contribution in [0.5, 0.6) is 0 Å². The third kappa shape index (κ3) is 3.05. The van der Waals surface area contributed by atoms with E-state index in [2.05, 4.69) is 28.4 Å². The summed E-state index contributed by atoms with van der Waals surface area (Å²) in [4.78, 5) is 13.0. The van der Waals surface area contributed by atoms with Crippen molar-refractivity contribution in [2.75, 3.05) is 20.1 Å². The second-order valence-electron chi connectivity index (χ2n) is 4.56. The number of carbonyl (C=O) groups excluding carboxylic acids is 1. The molecule has 3 N–H and O–H groups in total. The van der Waals surface area contributed by atoms with E-state index in [1.165, 1.54) is 16.7 Å². The Morgan fingerprint density at radius 3 is 3.00 bits per heavy atom. The van der Waals surface area contributed by atoms with Crippen LogP contribution in [0.2, 0.25) is 0 Å². The first kappa shape index (κ1) is 12.1. The summed E-state index contributed by atoms with van der Waals surface area (Å²) in [7, 11) is 1.94. The minimum Gasteiger partial charge on any atom is -0.369 e. The predicted molar refractivity (Wildman–Crippen MR) is 67.4 cm³/mol. The van der Waals surface area contributed by atoms with Gasteiger partial charge in [0.1, 0.15) is 0 Å².